The second-order valence-electron chi connectivity index (χ2n) is 6.32. The van der Waals surface area contributed by atoms with Crippen molar-refractivity contribution in [1.82, 2.24) is 20.3 Å². The fourth-order valence-corrected chi connectivity index (χ4v) is 3.25. The molecule has 3 heterocycles. The quantitative estimate of drug-likeness (QED) is 0.796. The van der Waals surface area contributed by atoms with Crippen LogP contribution in [0.2, 0.25) is 0 Å². The lowest BCUT2D eigenvalue weighted by Crippen LogP contribution is -2.14. The molecule has 0 radical (unpaired) electrons. The molecule has 3 aromatic rings. The van der Waals surface area contributed by atoms with Crippen molar-refractivity contribution in [2.45, 2.75) is 32.6 Å². The van der Waals surface area contributed by atoms with E-state index in [0.717, 1.165) is 37.3 Å². The summed E-state index contributed by atoms with van der Waals surface area (Å²) in [4.78, 5) is 4.47. The second kappa shape index (κ2) is 6.20. The average Bonchev–Trinajstić information content (AvgIpc) is 3.24. The molecule has 0 aliphatic carbocycles. The molecule has 1 aliphatic rings. The van der Waals surface area contributed by atoms with Gasteiger partial charge >= 0.3 is 0 Å². The number of rotatable bonds is 3. The Hall–Kier alpha value is -2.47. The van der Waals surface area contributed by atoms with Crippen LogP contribution in [0.25, 0.3) is 23.0 Å². The van der Waals surface area contributed by atoms with Crippen molar-refractivity contribution in [3.8, 4) is 23.0 Å². The van der Waals surface area contributed by atoms with Gasteiger partial charge < -0.3 is 9.26 Å². The Morgan fingerprint density at radius 3 is 2.67 bits per heavy atom. The minimum Gasteiger partial charge on any atom is -0.381 e. The largest absolute Gasteiger partial charge is 0.381 e. The van der Waals surface area contributed by atoms with Gasteiger partial charge in [-0.05, 0) is 55.9 Å². The molecule has 1 saturated heterocycles. The number of aryl methyl sites for hydroxylation is 2. The van der Waals surface area contributed by atoms with E-state index in [-0.39, 0.29) is 0 Å². The first-order valence-electron chi connectivity index (χ1n) is 8.25. The highest BCUT2D eigenvalue weighted by Crippen LogP contribution is 2.31. The van der Waals surface area contributed by atoms with E-state index in [0.29, 0.717) is 23.3 Å². The van der Waals surface area contributed by atoms with Crippen molar-refractivity contribution < 1.29 is 9.26 Å². The van der Waals surface area contributed by atoms with Crippen molar-refractivity contribution in [2.75, 3.05) is 13.2 Å². The third kappa shape index (κ3) is 2.85. The molecular weight excluding hydrogens is 304 g/mol. The molecule has 0 amide bonds. The smallest absolute Gasteiger partial charge is 0.278 e. The predicted octanol–water partition coefficient (Wildman–Crippen LogP) is 3.64. The van der Waals surface area contributed by atoms with Crippen LogP contribution in [-0.2, 0) is 4.74 Å². The Labute approximate surface area is 140 Å². The molecule has 2 aromatic heterocycles. The summed E-state index contributed by atoms with van der Waals surface area (Å²) in [6, 6.07) is 8.28. The number of aromatic amines is 1. The van der Waals surface area contributed by atoms with E-state index in [1.54, 1.807) is 0 Å². The van der Waals surface area contributed by atoms with E-state index >= 15 is 0 Å². The highest BCUT2D eigenvalue weighted by molar-refractivity contribution is 5.60. The van der Waals surface area contributed by atoms with Gasteiger partial charge in [-0.15, -0.1) is 0 Å². The third-order valence-electron chi connectivity index (χ3n) is 4.54. The third-order valence-corrected chi connectivity index (χ3v) is 4.54. The van der Waals surface area contributed by atoms with Crippen LogP contribution in [-0.4, -0.2) is 33.6 Å². The van der Waals surface area contributed by atoms with Gasteiger partial charge in [-0.25, -0.2) is 0 Å². The highest BCUT2D eigenvalue weighted by Gasteiger charge is 2.19. The first kappa shape index (κ1) is 15.1. The molecule has 24 heavy (non-hydrogen) atoms. The van der Waals surface area contributed by atoms with Gasteiger partial charge in [0.2, 0.25) is 5.82 Å². The topological polar surface area (TPSA) is 76.8 Å². The van der Waals surface area contributed by atoms with Gasteiger partial charge in [0, 0.05) is 24.5 Å². The normalized spacial score (nSPS) is 15.8. The van der Waals surface area contributed by atoms with E-state index in [1.807, 2.05) is 13.0 Å². The van der Waals surface area contributed by atoms with Crippen LogP contribution in [0.5, 0.6) is 0 Å². The van der Waals surface area contributed by atoms with Crippen LogP contribution in [0.3, 0.4) is 0 Å². The Morgan fingerprint density at radius 2 is 1.96 bits per heavy atom. The zero-order valence-electron chi connectivity index (χ0n) is 13.9. The summed E-state index contributed by atoms with van der Waals surface area (Å²) in [5.74, 6) is 1.61. The fraction of sp³-hybridized carbons (Fsp3) is 0.389. The standard InChI is InChI=1S/C18H20N4O2/c1-11-9-14(3-4-15(11)13-5-7-23-8-6-13)17-19-18(24-22-17)16-10-12(2)20-21-16/h3-4,9-10,13H,5-8H2,1-2H3,(H,20,21). The summed E-state index contributed by atoms with van der Waals surface area (Å²) in [6.07, 6.45) is 2.18. The number of H-pyrrole nitrogens is 1. The highest BCUT2D eigenvalue weighted by atomic mass is 16.5. The van der Waals surface area contributed by atoms with Crippen LogP contribution in [0, 0.1) is 13.8 Å². The summed E-state index contributed by atoms with van der Waals surface area (Å²) in [6.45, 7) is 5.78. The second-order valence-corrected chi connectivity index (χ2v) is 6.32. The summed E-state index contributed by atoms with van der Waals surface area (Å²) in [7, 11) is 0. The van der Waals surface area contributed by atoms with E-state index in [9.17, 15) is 0 Å². The minimum absolute atomic E-state index is 0.431. The lowest BCUT2D eigenvalue weighted by atomic mass is 9.88. The zero-order valence-corrected chi connectivity index (χ0v) is 13.9. The lowest BCUT2D eigenvalue weighted by Gasteiger charge is -2.24. The maximum Gasteiger partial charge on any atom is 0.278 e. The number of nitrogens with zero attached hydrogens (tertiary/aromatic N) is 3. The Morgan fingerprint density at radius 1 is 1.12 bits per heavy atom. The molecule has 0 atom stereocenters. The number of nitrogens with one attached hydrogen (secondary N) is 1. The summed E-state index contributed by atoms with van der Waals surface area (Å²) < 4.78 is 10.8. The zero-order chi connectivity index (χ0) is 16.5. The monoisotopic (exact) mass is 324 g/mol. The number of benzene rings is 1. The van der Waals surface area contributed by atoms with Crippen LogP contribution in [0.15, 0.2) is 28.8 Å². The van der Waals surface area contributed by atoms with Crippen molar-refractivity contribution in [3.63, 3.8) is 0 Å². The van der Waals surface area contributed by atoms with E-state index in [1.165, 1.54) is 11.1 Å². The van der Waals surface area contributed by atoms with Crippen molar-refractivity contribution >= 4 is 0 Å². The van der Waals surface area contributed by atoms with Gasteiger partial charge in [0.05, 0.1) is 0 Å². The molecule has 0 spiro atoms. The van der Waals surface area contributed by atoms with E-state index in [2.05, 4.69) is 45.5 Å². The summed E-state index contributed by atoms with van der Waals surface area (Å²) in [5.41, 5.74) is 5.25. The fourth-order valence-electron chi connectivity index (χ4n) is 3.25. The molecule has 0 bridgehead atoms. The molecule has 1 aromatic carbocycles. The first-order valence-corrected chi connectivity index (χ1v) is 8.25. The molecular formula is C18H20N4O2. The number of hydrogen-bond acceptors (Lipinski definition) is 5. The summed E-state index contributed by atoms with van der Waals surface area (Å²) >= 11 is 0. The van der Waals surface area contributed by atoms with Gasteiger partial charge in [0.25, 0.3) is 5.89 Å². The van der Waals surface area contributed by atoms with E-state index in [4.69, 9.17) is 9.26 Å². The molecule has 1 fully saturated rings. The van der Waals surface area contributed by atoms with Crippen LogP contribution in [0.4, 0.5) is 0 Å². The van der Waals surface area contributed by atoms with Gasteiger partial charge in [-0.3, -0.25) is 5.10 Å². The number of hydrogen-bond donors (Lipinski definition) is 1. The molecule has 1 aliphatic heterocycles. The Kier molecular flexibility index (Phi) is 3.90. The first-order chi connectivity index (χ1) is 11.7. The average molecular weight is 324 g/mol. The molecule has 6 nitrogen and oxygen atoms in total. The van der Waals surface area contributed by atoms with Crippen molar-refractivity contribution in [1.29, 1.82) is 0 Å². The van der Waals surface area contributed by atoms with Crippen LogP contribution in [0.1, 0.15) is 35.6 Å². The Balaban J connectivity index is 1.60. The molecule has 6 heteroatoms. The summed E-state index contributed by atoms with van der Waals surface area (Å²) in [5, 5.41) is 11.1. The lowest BCUT2D eigenvalue weighted by molar-refractivity contribution is 0.0852. The van der Waals surface area contributed by atoms with E-state index < -0.39 is 0 Å². The number of aromatic nitrogens is 4. The molecule has 0 saturated carbocycles. The van der Waals surface area contributed by atoms with Gasteiger partial charge in [-0.2, -0.15) is 10.1 Å². The van der Waals surface area contributed by atoms with Gasteiger partial charge in [0.1, 0.15) is 0 Å². The maximum atomic E-state index is 5.46. The van der Waals surface area contributed by atoms with Crippen molar-refractivity contribution in [2.24, 2.45) is 0 Å². The molecule has 4 rings (SSSR count). The van der Waals surface area contributed by atoms with Gasteiger partial charge in [0.15, 0.2) is 5.69 Å². The maximum absolute atomic E-state index is 5.46. The molecule has 0 unspecified atom stereocenters. The molecule has 124 valence electrons. The van der Waals surface area contributed by atoms with Crippen LogP contribution < -0.4 is 0 Å². The molecule has 1 N–H and O–H groups in total. The van der Waals surface area contributed by atoms with Crippen molar-refractivity contribution in [3.05, 3.63) is 41.1 Å². The number of ether oxygens (including phenoxy) is 1. The predicted molar refractivity (Wildman–Crippen MR) is 89.6 cm³/mol. The minimum atomic E-state index is 0.431. The SMILES string of the molecule is Cc1cc(-c2nc(-c3ccc(C4CCOCC4)c(C)c3)no2)n[nH]1. The van der Waals surface area contributed by atoms with Crippen LogP contribution >= 0.6 is 0 Å². The Bertz CT molecular complexity index is 846. The van der Waals surface area contributed by atoms with Gasteiger partial charge in [-0.1, -0.05) is 17.3 Å².